The number of carbonyl (C=O) groups is 2. The number of amides is 3. The van der Waals surface area contributed by atoms with E-state index in [2.05, 4.69) is 21.0 Å². The fraction of sp³-hybridized carbons (Fsp3) is 0.471. The number of benzene rings is 1. The summed E-state index contributed by atoms with van der Waals surface area (Å²) < 4.78 is 5.12. The van der Waals surface area contributed by atoms with Crippen LogP contribution in [0, 0.1) is 0 Å². The Bertz CT molecular complexity index is 679. The highest BCUT2D eigenvalue weighted by atomic mass is 32.1. The van der Waals surface area contributed by atoms with E-state index >= 15 is 0 Å². The van der Waals surface area contributed by atoms with Crippen molar-refractivity contribution in [1.82, 2.24) is 26.0 Å². The smallest absolute Gasteiger partial charge is 0.344 e. The van der Waals surface area contributed by atoms with Crippen LogP contribution in [0.5, 0.6) is 5.75 Å². The van der Waals surface area contributed by atoms with Gasteiger partial charge < -0.3 is 20.3 Å². The van der Waals surface area contributed by atoms with E-state index in [0.29, 0.717) is 17.9 Å². The van der Waals surface area contributed by atoms with Gasteiger partial charge >= 0.3 is 6.03 Å². The molecule has 0 aromatic heterocycles. The molecule has 0 saturated carbocycles. The van der Waals surface area contributed by atoms with Gasteiger partial charge in [0.1, 0.15) is 11.3 Å². The van der Waals surface area contributed by atoms with Crippen LogP contribution in [0.2, 0.25) is 0 Å². The molecule has 1 atom stereocenters. The Morgan fingerprint density at radius 3 is 2.54 bits per heavy atom. The lowest BCUT2D eigenvalue weighted by Crippen LogP contribution is -2.51. The number of carbonyl (C=O) groups excluding carboxylic acids is 2. The van der Waals surface area contributed by atoms with Gasteiger partial charge in [0.15, 0.2) is 5.11 Å². The molecule has 1 aromatic carbocycles. The minimum atomic E-state index is -1.17. The number of rotatable bonds is 7. The van der Waals surface area contributed by atoms with Crippen LogP contribution in [0.1, 0.15) is 18.9 Å². The molecule has 0 unspecified atom stereocenters. The average Bonchev–Trinajstić information content (AvgIpc) is 2.83. The summed E-state index contributed by atoms with van der Waals surface area (Å²) in [6, 6.07) is 6.43. The van der Waals surface area contributed by atoms with Gasteiger partial charge in [-0.05, 0) is 63.9 Å². The van der Waals surface area contributed by atoms with Crippen LogP contribution in [0.3, 0.4) is 0 Å². The SMILES string of the molecule is COc1ccc([C@@]2(C)NC(=O)N(NC(=S)NCCCN(C)C)C2=O)cc1. The van der Waals surface area contributed by atoms with Crippen molar-refractivity contribution in [1.29, 1.82) is 0 Å². The Labute approximate surface area is 158 Å². The topological polar surface area (TPSA) is 85.9 Å². The van der Waals surface area contributed by atoms with E-state index in [1.807, 2.05) is 14.1 Å². The van der Waals surface area contributed by atoms with Crippen LogP contribution < -0.4 is 20.8 Å². The monoisotopic (exact) mass is 379 g/mol. The van der Waals surface area contributed by atoms with E-state index in [9.17, 15) is 9.59 Å². The lowest BCUT2D eigenvalue weighted by molar-refractivity contribution is -0.132. The number of ether oxygens (including phenoxy) is 1. The largest absolute Gasteiger partial charge is 0.497 e. The predicted molar refractivity (Wildman–Crippen MR) is 103 cm³/mol. The van der Waals surface area contributed by atoms with Gasteiger partial charge in [-0.2, -0.15) is 5.01 Å². The van der Waals surface area contributed by atoms with Gasteiger partial charge in [0.2, 0.25) is 0 Å². The van der Waals surface area contributed by atoms with Crippen molar-refractivity contribution < 1.29 is 14.3 Å². The third-order valence-electron chi connectivity index (χ3n) is 4.14. The van der Waals surface area contributed by atoms with Crippen LogP contribution in [0.25, 0.3) is 0 Å². The summed E-state index contributed by atoms with van der Waals surface area (Å²) in [4.78, 5) is 27.1. The first kappa shape index (κ1) is 19.9. The van der Waals surface area contributed by atoms with E-state index in [1.54, 1.807) is 38.3 Å². The summed E-state index contributed by atoms with van der Waals surface area (Å²) in [6.07, 6.45) is 0.887. The molecule has 1 saturated heterocycles. The maximum absolute atomic E-state index is 12.8. The van der Waals surface area contributed by atoms with Crippen LogP contribution >= 0.6 is 12.2 Å². The van der Waals surface area contributed by atoms with Crippen molar-refractivity contribution in [3.8, 4) is 5.75 Å². The van der Waals surface area contributed by atoms with Gasteiger partial charge in [0.05, 0.1) is 7.11 Å². The summed E-state index contributed by atoms with van der Waals surface area (Å²) in [7, 11) is 5.55. The first-order chi connectivity index (χ1) is 12.3. The van der Waals surface area contributed by atoms with E-state index in [0.717, 1.165) is 18.0 Å². The molecule has 2 rings (SSSR count). The quantitative estimate of drug-likeness (QED) is 0.367. The molecule has 0 bridgehead atoms. The number of imide groups is 1. The second kappa shape index (κ2) is 8.33. The number of urea groups is 1. The van der Waals surface area contributed by atoms with Crippen molar-refractivity contribution in [2.45, 2.75) is 18.9 Å². The minimum Gasteiger partial charge on any atom is -0.497 e. The van der Waals surface area contributed by atoms with Crippen molar-refractivity contribution in [2.75, 3.05) is 34.3 Å². The number of hydrogen-bond donors (Lipinski definition) is 3. The predicted octanol–water partition coefficient (Wildman–Crippen LogP) is 0.793. The molecule has 3 amide bonds. The Morgan fingerprint density at radius 1 is 1.31 bits per heavy atom. The molecule has 1 aliphatic rings. The Hall–Kier alpha value is -2.39. The average molecular weight is 379 g/mol. The molecule has 1 fully saturated rings. The van der Waals surface area contributed by atoms with Crippen molar-refractivity contribution in [3.05, 3.63) is 29.8 Å². The maximum Gasteiger partial charge on any atom is 0.344 e. The third kappa shape index (κ3) is 4.41. The van der Waals surface area contributed by atoms with Gasteiger partial charge in [-0.25, -0.2) is 4.79 Å². The molecule has 0 radical (unpaired) electrons. The third-order valence-corrected chi connectivity index (χ3v) is 4.37. The number of hydrogen-bond acceptors (Lipinski definition) is 5. The second-order valence-electron chi connectivity index (χ2n) is 6.45. The highest BCUT2D eigenvalue weighted by molar-refractivity contribution is 7.80. The summed E-state index contributed by atoms with van der Waals surface area (Å²) in [5.41, 5.74) is 2.16. The molecule has 8 nitrogen and oxygen atoms in total. The normalized spacial score (nSPS) is 19.5. The molecule has 142 valence electrons. The van der Waals surface area contributed by atoms with Crippen LogP contribution in [0.15, 0.2) is 24.3 Å². The summed E-state index contributed by atoms with van der Waals surface area (Å²) in [6.45, 7) is 3.21. The van der Waals surface area contributed by atoms with E-state index in [4.69, 9.17) is 17.0 Å². The summed E-state index contributed by atoms with van der Waals surface area (Å²) >= 11 is 5.17. The van der Waals surface area contributed by atoms with Gasteiger partial charge in [-0.1, -0.05) is 12.1 Å². The first-order valence-corrected chi connectivity index (χ1v) is 8.69. The fourth-order valence-corrected chi connectivity index (χ4v) is 2.79. The van der Waals surface area contributed by atoms with Crippen molar-refractivity contribution in [2.24, 2.45) is 0 Å². The molecule has 1 aliphatic heterocycles. The van der Waals surface area contributed by atoms with Crippen molar-refractivity contribution >= 4 is 29.3 Å². The first-order valence-electron chi connectivity index (χ1n) is 8.28. The van der Waals surface area contributed by atoms with Gasteiger partial charge in [-0.3, -0.25) is 10.2 Å². The number of thiocarbonyl (C=S) groups is 1. The Kier molecular flexibility index (Phi) is 6.38. The zero-order valence-corrected chi connectivity index (χ0v) is 16.3. The van der Waals surface area contributed by atoms with Gasteiger partial charge in [0, 0.05) is 6.54 Å². The number of nitrogens with one attached hydrogen (secondary N) is 3. The number of hydrazine groups is 1. The van der Waals surface area contributed by atoms with Gasteiger partial charge in [-0.15, -0.1) is 0 Å². The lowest BCUT2D eigenvalue weighted by Gasteiger charge is -2.23. The molecular weight excluding hydrogens is 354 g/mol. The zero-order valence-electron chi connectivity index (χ0n) is 15.5. The summed E-state index contributed by atoms with van der Waals surface area (Å²) in [5, 5.41) is 6.84. The Balaban J connectivity index is 1.99. The highest BCUT2D eigenvalue weighted by Gasteiger charge is 2.49. The van der Waals surface area contributed by atoms with Crippen LogP contribution in [-0.2, 0) is 10.3 Å². The van der Waals surface area contributed by atoms with E-state index in [-0.39, 0.29) is 5.11 Å². The van der Waals surface area contributed by atoms with Crippen molar-refractivity contribution in [3.63, 3.8) is 0 Å². The molecule has 1 heterocycles. The van der Waals surface area contributed by atoms with Gasteiger partial charge in [0.25, 0.3) is 5.91 Å². The molecule has 1 aromatic rings. The molecular formula is C17H25N5O3S. The standard InChI is InChI=1S/C17H25N5O3S/c1-17(12-6-8-13(25-4)9-7-12)14(23)22(16(24)19-17)20-15(26)18-10-5-11-21(2)3/h6-9H,5,10-11H2,1-4H3,(H,19,24)(H2,18,20,26)/t17-/m1/s1. The second-order valence-corrected chi connectivity index (χ2v) is 6.86. The zero-order chi connectivity index (χ0) is 19.3. The molecule has 26 heavy (non-hydrogen) atoms. The van der Waals surface area contributed by atoms with E-state index < -0.39 is 17.5 Å². The Morgan fingerprint density at radius 2 is 1.96 bits per heavy atom. The highest BCUT2D eigenvalue weighted by Crippen LogP contribution is 2.29. The van der Waals surface area contributed by atoms with E-state index in [1.165, 1.54) is 0 Å². The summed E-state index contributed by atoms with van der Waals surface area (Å²) in [5.74, 6) is 0.248. The fourth-order valence-electron chi connectivity index (χ4n) is 2.60. The number of nitrogens with zero attached hydrogens (tertiary/aromatic N) is 2. The van der Waals surface area contributed by atoms with Crippen LogP contribution in [-0.4, -0.2) is 61.3 Å². The molecule has 9 heteroatoms. The molecule has 3 N–H and O–H groups in total. The minimum absolute atomic E-state index is 0.228. The van der Waals surface area contributed by atoms with Crippen LogP contribution in [0.4, 0.5) is 4.79 Å². The lowest BCUT2D eigenvalue weighted by atomic mass is 9.92. The molecule has 0 spiro atoms. The maximum atomic E-state index is 12.8. The molecule has 0 aliphatic carbocycles. The number of methoxy groups -OCH3 is 1.